The van der Waals surface area contributed by atoms with E-state index in [-0.39, 0.29) is 12.0 Å². The second kappa shape index (κ2) is 3.42. The Labute approximate surface area is 82.0 Å². The lowest BCUT2D eigenvalue weighted by atomic mass is 10.0. The molecule has 0 aliphatic carbocycles. The molecule has 0 saturated heterocycles. The fourth-order valence-electron chi connectivity index (χ4n) is 1.80. The van der Waals surface area contributed by atoms with Crippen molar-refractivity contribution in [2.75, 3.05) is 13.7 Å². The van der Waals surface area contributed by atoms with E-state index >= 15 is 0 Å². The molecule has 0 spiro atoms. The molecule has 5 nitrogen and oxygen atoms in total. The van der Waals surface area contributed by atoms with E-state index in [1.165, 1.54) is 7.11 Å². The van der Waals surface area contributed by atoms with E-state index in [1.54, 1.807) is 6.20 Å². The average Bonchev–Trinajstić information content (AvgIpc) is 2.59. The van der Waals surface area contributed by atoms with Crippen LogP contribution in [-0.4, -0.2) is 29.4 Å². The number of hydrogen-bond acceptors (Lipinski definition) is 4. The molecule has 1 aromatic rings. The van der Waals surface area contributed by atoms with Gasteiger partial charge in [0.1, 0.15) is 6.04 Å². The Morgan fingerprint density at radius 2 is 2.57 bits per heavy atom. The van der Waals surface area contributed by atoms with Gasteiger partial charge in [0.2, 0.25) is 0 Å². The minimum Gasteiger partial charge on any atom is -0.468 e. The van der Waals surface area contributed by atoms with E-state index in [2.05, 4.69) is 10.4 Å². The molecule has 0 saturated carbocycles. The number of carbonyl (C=O) groups excluding carboxylic acids is 1. The van der Waals surface area contributed by atoms with Gasteiger partial charge in [-0.2, -0.15) is 5.10 Å². The molecule has 2 rings (SSSR count). The fourth-order valence-corrected chi connectivity index (χ4v) is 1.80. The zero-order valence-corrected chi connectivity index (χ0v) is 8.28. The SMILES string of the molecule is COC(=O)C1NCCc2c1cnn2C. The van der Waals surface area contributed by atoms with Crippen molar-refractivity contribution < 1.29 is 9.53 Å². The van der Waals surface area contributed by atoms with E-state index in [0.29, 0.717) is 0 Å². The van der Waals surface area contributed by atoms with Crippen LogP contribution in [0.15, 0.2) is 6.20 Å². The standard InChI is InChI=1S/C9H13N3O2/c1-12-7-3-4-10-8(9(13)14-2)6(7)5-11-12/h5,8,10H,3-4H2,1-2H3. The van der Waals surface area contributed by atoms with Crippen molar-refractivity contribution in [1.29, 1.82) is 0 Å². The quantitative estimate of drug-likeness (QED) is 0.629. The van der Waals surface area contributed by atoms with Gasteiger partial charge in [0.25, 0.3) is 0 Å². The Bertz CT molecular complexity index is 359. The molecular weight excluding hydrogens is 182 g/mol. The van der Waals surface area contributed by atoms with Gasteiger partial charge in [-0.25, -0.2) is 4.79 Å². The summed E-state index contributed by atoms with van der Waals surface area (Å²) in [6, 6.07) is -0.350. The first-order valence-electron chi connectivity index (χ1n) is 4.56. The second-order valence-electron chi connectivity index (χ2n) is 3.33. The number of hydrogen-bond donors (Lipinski definition) is 1. The summed E-state index contributed by atoms with van der Waals surface area (Å²) >= 11 is 0. The molecule has 1 N–H and O–H groups in total. The Kier molecular flexibility index (Phi) is 2.25. The molecule has 1 unspecified atom stereocenters. The lowest BCUT2D eigenvalue weighted by Gasteiger charge is -2.21. The van der Waals surface area contributed by atoms with Crippen LogP contribution in [0.25, 0.3) is 0 Å². The van der Waals surface area contributed by atoms with E-state index in [1.807, 2.05) is 11.7 Å². The van der Waals surface area contributed by atoms with Gasteiger partial charge in [-0.15, -0.1) is 0 Å². The number of rotatable bonds is 1. The predicted molar refractivity (Wildman–Crippen MR) is 49.7 cm³/mol. The molecule has 0 amide bonds. The summed E-state index contributed by atoms with van der Waals surface area (Å²) in [6.07, 6.45) is 2.63. The molecule has 0 bridgehead atoms. The molecule has 1 atom stereocenters. The number of fused-ring (bicyclic) bond motifs is 1. The summed E-state index contributed by atoms with van der Waals surface area (Å²) in [7, 11) is 3.28. The van der Waals surface area contributed by atoms with Crippen molar-refractivity contribution in [1.82, 2.24) is 15.1 Å². The third-order valence-electron chi connectivity index (χ3n) is 2.55. The van der Waals surface area contributed by atoms with Gasteiger partial charge < -0.3 is 10.1 Å². The molecule has 2 heterocycles. The van der Waals surface area contributed by atoms with Crippen LogP contribution in [0.2, 0.25) is 0 Å². The summed E-state index contributed by atoms with van der Waals surface area (Å²) in [5.74, 6) is -0.251. The first-order chi connectivity index (χ1) is 6.74. The molecule has 0 radical (unpaired) electrons. The van der Waals surface area contributed by atoms with Gasteiger partial charge in [0.15, 0.2) is 0 Å². The number of ether oxygens (including phenoxy) is 1. The van der Waals surface area contributed by atoms with Crippen LogP contribution in [0, 0.1) is 0 Å². The number of methoxy groups -OCH3 is 1. The summed E-state index contributed by atoms with van der Waals surface area (Å²) in [5, 5.41) is 7.25. The van der Waals surface area contributed by atoms with Gasteiger partial charge >= 0.3 is 5.97 Å². The maximum Gasteiger partial charge on any atom is 0.327 e. The highest BCUT2D eigenvalue weighted by Crippen LogP contribution is 2.22. The van der Waals surface area contributed by atoms with Crippen molar-refractivity contribution in [3.8, 4) is 0 Å². The van der Waals surface area contributed by atoms with E-state index in [9.17, 15) is 4.79 Å². The third kappa shape index (κ3) is 1.29. The number of aromatic nitrogens is 2. The Morgan fingerprint density at radius 3 is 3.29 bits per heavy atom. The lowest BCUT2D eigenvalue weighted by molar-refractivity contribution is -0.143. The van der Waals surface area contributed by atoms with Crippen molar-refractivity contribution in [2.45, 2.75) is 12.5 Å². The lowest BCUT2D eigenvalue weighted by Crippen LogP contribution is -2.35. The van der Waals surface area contributed by atoms with Gasteiger partial charge in [0.05, 0.1) is 13.3 Å². The number of aryl methyl sites for hydroxylation is 1. The molecule has 1 aromatic heterocycles. The minimum absolute atomic E-state index is 0.251. The average molecular weight is 195 g/mol. The first-order valence-corrected chi connectivity index (χ1v) is 4.56. The molecule has 5 heteroatoms. The van der Waals surface area contributed by atoms with Gasteiger partial charge in [-0.3, -0.25) is 4.68 Å². The van der Waals surface area contributed by atoms with Crippen LogP contribution < -0.4 is 5.32 Å². The number of esters is 1. The molecule has 0 fully saturated rings. The van der Waals surface area contributed by atoms with E-state index in [0.717, 1.165) is 24.2 Å². The van der Waals surface area contributed by atoms with Crippen LogP contribution in [0.4, 0.5) is 0 Å². The zero-order valence-electron chi connectivity index (χ0n) is 8.28. The molecule has 76 valence electrons. The first kappa shape index (κ1) is 9.21. The highest BCUT2D eigenvalue weighted by molar-refractivity contribution is 5.78. The molecular formula is C9H13N3O2. The summed E-state index contributed by atoms with van der Waals surface area (Å²) in [4.78, 5) is 11.4. The predicted octanol–water partition coefficient (Wildman–Crippen LogP) is -0.220. The second-order valence-corrected chi connectivity index (χ2v) is 3.33. The summed E-state index contributed by atoms with van der Waals surface area (Å²) in [5.41, 5.74) is 2.05. The van der Waals surface area contributed by atoms with E-state index in [4.69, 9.17) is 4.74 Å². The van der Waals surface area contributed by atoms with Crippen molar-refractivity contribution >= 4 is 5.97 Å². The maximum atomic E-state index is 11.4. The highest BCUT2D eigenvalue weighted by atomic mass is 16.5. The molecule has 14 heavy (non-hydrogen) atoms. The van der Waals surface area contributed by atoms with Crippen LogP contribution >= 0.6 is 0 Å². The number of carbonyl (C=O) groups is 1. The topological polar surface area (TPSA) is 56.1 Å². The van der Waals surface area contributed by atoms with Crippen molar-refractivity contribution in [2.24, 2.45) is 7.05 Å². The van der Waals surface area contributed by atoms with Crippen LogP contribution in [0.1, 0.15) is 17.3 Å². The van der Waals surface area contributed by atoms with Crippen molar-refractivity contribution in [3.05, 3.63) is 17.5 Å². The number of nitrogens with zero attached hydrogens (tertiary/aromatic N) is 2. The van der Waals surface area contributed by atoms with Crippen LogP contribution in [0.5, 0.6) is 0 Å². The zero-order chi connectivity index (χ0) is 10.1. The van der Waals surface area contributed by atoms with Crippen LogP contribution in [0.3, 0.4) is 0 Å². The highest BCUT2D eigenvalue weighted by Gasteiger charge is 2.29. The normalized spacial score (nSPS) is 20.3. The monoisotopic (exact) mass is 195 g/mol. The largest absolute Gasteiger partial charge is 0.468 e. The van der Waals surface area contributed by atoms with Gasteiger partial charge in [-0.05, 0) is 0 Å². The number of nitrogens with one attached hydrogen (secondary N) is 1. The summed E-state index contributed by atoms with van der Waals surface area (Å²) in [6.45, 7) is 0.784. The van der Waals surface area contributed by atoms with E-state index < -0.39 is 0 Å². The Hall–Kier alpha value is -1.36. The minimum atomic E-state index is -0.350. The molecule has 1 aliphatic heterocycles. The molecule has 0 aromatic carbocycles. The smallest absolute Gasteiger partial charge is 0.327 e. The Morgan fingerprint density at radius 1 is 1.79 bits per heavy atom. The van der Waals surface area contributed by atoms with Gasteiger partial charge in [0, 0.05) is 31.3 Å². The van der Waals surface area contributed by atoms with Gasteiger partial charge in [-0.1, -0.05) is 0 Å². The Balaban J connectivity index is 2.36. The molecule has 1 aliphatic rings. The maximum absolute atomic E-state index is 11.4. The van der Waals surface area contributed by atoms with Crippen molar-refractivity contribution in [3.63, 3.8) is 0 Å². The summed E-state index contributed by atoms with van der Waals surface area (Å²) < 4.78 is 6.53. The van der Waals surface area contributed by atoms with Crippen LogP contribution in [-0.2, 0) is 23.0 Å². The fraction of sp³-hybridized carbons (Fsp3) is 0.556. The third-order valence-corrected chi connectivity index (χ3v) is 2.55.